The maximum absolute atomic E-state index is 12.7. The zero-order valence-corrected chi connectivity index (χ0v) is 39.7. The molecule has 0 saturated heterocycles. The van der Waals surface area contributed by atoms with E-state index in [-0.39, 0.29) is 38.0 Å². The highest BCUT2D eigenvalue weighted by Crippen LogP contribution is 2.12. The van der Waals surface area contributed by atoms with E-state index in [2.05, 4.69) is 93.7 Å². The molecule has 6 heteroatoms. The van der Waals surface area contributed by atoms with E-state index in [9.17, 15) is 14.4 Å². The Morgan fingerprint density at radius 2 is 0.738 bits per heavy atom. The first kappa shape index (κ1) is 57.6. The third kappa shape index (κ3) is 47.5. The van der Waals surface area contributed by atoms with Gasteiger partial charge >= 0.3 is 17.9 Å². The molecule has 61 heavy (non-hydrogen) atoms. The topological polar surface area (TPSA) is 78.9 Å². The van der Waals surface area contributed by atoms with Crippen LogP contribution < -0.4 is 0 Å². The van der Waals surface area contributed by atoms with Crippen molar-refractivity contribution in [2.75, 3.05) is 13.2 Å². The highest BCUT2D eigenvalue weighted by molar-refractivity contribution is 5.72. The van der Waals surface area contributed by atoms with Gasteiger partial charge in [0.15, 0.2) is 6.10 Å². The van der Waals surface area contributed by atoms with E-state index in [0.29, 0.717) is 12.8 Å². The average molecular weight is 849 g/mol. The van der Waals surface area contributed by atoms with Crippen molar-refractivity contribution in [2.24, 2.45) is 0 Å². The van der Waals surface area contributed by atoms with Crippen LogP contribution in [0, 0.1) is 0 Å². The number of carbonyl (C=O) groups is 3. The van der Waals surface area contributed by atoms with Gasteiger partial charge in [0, 0.05) is 12.8 Å². The van der Waals surface area contributed by atoms with Crippen LogP contribution in [0.5, 0.6) is 0 Å². The van der Waals surface area contributed by atoms with E-state index in [1.54, 1.807) is 6.08 Å². The van der Waals surface area contributed by atoms with Crippen LogP contribution in [0.15, 0.2) is 85.1 Å². The van der Waals surface area contributed by atoms with E-state index in [1.165, 1.54) is 96.3 Å². The summed E-state index contributed by atoms with van der Waals surface area (Å²) in [5.74, 6) is -1.10. The predicted octanol–water partition coefficient (Wildman–Crippen LogP) is 16.4. The number of rotatable bonds is 44. The van der Waals surface area contributed by atoms with Crippen molar-refractivity contribution < 1.29 is 28.6 Å². The van der Waals surface area contributed by atoms with Crippen LogP contribution in [0.2, 0.25) is 0 Å². The van der Waals surface area contributed by atoms with Crippen molar-refractivity contribution in [2.45, 2.75) is 232 Å². The standard InChI is InChI=1S/C55H92O6/c1-4-7-10-13-16-19-21-23-25-27-28-30-31-33-36-39-42-45-48-54(57)60-51-52(50-59-53(56)47-44-41-38-35-18-15-12-9-6-3)61-55(58)49-46-43-40-37-34-32-29-26-24-22-20-17-14-11-8-5-2/h9,12,18,25-30,32,34-35,41,44,52H,4-8,10-11,13-17,19-24,31,33,36-40,42-43,45-51H2,1-3H3/b12-9-,27-25-,29-26-,30-28-,34-32-,35-18-,44-41-. The average Bonchev–Trinajstić information content (AvgIpc) is 3.26. The van der Waals surface area contributed by atoms with E-state index in [1.807, 2.05) is 6.08 Å². The van der Waals surface area contributed by atoms with Gasteiger partial charge in [0.1, 0.15) is 13.2 Å². The lowest BCUT2D eigenvalue weighted by Crippen LogP contribution is -2.30. The molecule has 1 unspecified atom stereocenters. The second-order valence-electron chi connectivity index (χ2n) is 16.4. The highest BCUT2D eigenvalue weighted by Gasteiger charge is 2.19. The lowest BCUT2D eigenvalue weighted by atomic mass is 10.1. The van der Waals surface area contributed by atoms with Crippen LogP contribution >= 0.6 is 0 Å². The summed E-state index contributed by atoms with van der Waals surface area (Å²) in [7, 11) is 0. The van der Waals surface area contributed by atoms with E-state index in [0.717, 1.165) is 83.5 Å². The van der Waals surface area contributed by atoms with Gasteiger partial charge in [-0.25, -0.2) is 0 Å². The third-order valence-corrected chi connectivity index (χ3v) is 10.4. The summed E-state index contributed by atoms with van der Waals surface area (Å²) in [6.07, 6.45) is 63.2. The SMILES string of the molecule is CC/C=C\C/C=C\C/C=C\CC(=O)OCC(COC(=O)CCCCCCC/C=C\C=C/CCCCCCCCC)OC(=O)CCCCC/C=C\C=C/CCCCCCCCC. The van der Waals surface area contributed by atoms with Crippen LogP contribution in [0.4, 0.5) is 0 Å². The summed E-state index contributed by atoms with van der Waals surface area (Å²) < 4.78 is 16.6. The molecule has 0 spiro atoms. The minimum atomic E-state index is -0.831. The summed E-state index contributed by atoms with van der Waals surface area (Å²) in [5.41, 5.74) is 0. The molecule has 0 amide bonds. The number of hydrogen-bond acceptors (Lipinski definition) is 6. The lowest BCUT2D eigenvalue weighted by Gasteiger charge is -2.18. The molecular weight excluding hydrogens is 757 g/mol. The van der Waals surface area contributed by atoms with Crippen LogP contribution in [-0.4, -0.2) is 37.2 Å². The molecule has 1 atom stereocenters. The van der Waals surface area contributed by atoms with Gasteiger partial charge in [-0.1, -0.05) is 209 Å². The maximum atomic E-state index is 12.7. The Morgan fingerprint density at radius 3 is 1.20 bits per heavy atom. The van der Waals surface area contributed by atoms with Crippen molar-refractivity contribution in [1.29, 1.82) is 0 Å². The van der Waals surface area contributed by atoms with Gasteiger partial charge < -0.3 is 14.2 Å². The molecule has 0 heterocycles. The molecule has 348 valence electrons. The smallest absolute Gasteiger partial charge is 0.309 e. The van der Waals surface area contributed by atoms with Crippen molar-refractivity contribution in [1.82, 2.24) is 0 Å². The summed E-state index contributed by atoms with van der Waals surface area (Å²) in [5, 5.41) is 0. The monoisotopic (exact) mass is 849 g/mol. The fourth-order valence-corrected chi connectivity index (χ4v) is 6.66. The molecule has 6 nitrogen and oxygen atoms in total. The molecule has 0 rings (SSSR count). The number of allylic oxidation sites excluding steroid dienone is 13. The zero-order chi connectivity index (χ0) is 44.4. The van der Waals surface area contributed by atoms with Gasteiger partial charge in [-0.15, -0.1) is 0 Å². The molecule has 0 saturated carbocycles. The van der Waals surface area contributed by atoms with Crippen molar-refractivity contribution in [3.05, 3.63) is 85.1 Å². The van der Waals surface area contributed by atoms with Crippen LogP contribution in [-0.2, 0) is 28.6 Å². The van der Waals surface area contributed by atoms with Gasteiger partial charge in [0.2, 0.25) is 0 Å². The Morgan fingerprint density at radius 1 is 0.377 bits per heavy atom. The molecule has 0 N–H and O–H groups in total. The molecule has 0 aromatic rings. The van der Waals surface area contributed by atoms with Gasteiger partial charge in [0.25, 0.3) is 0 Å². The second-order valence-corrected chi connectivity index (χ2v) is 16.4. The molecule has 0 bridgehead atoms. The van der Waals surface area contributed by atoms with Crippen LogP contribution in [0.1, 0.15) is 226 Å². The highest BCUT2D eigenvalue weighted by atomic mass is 16.6. The van der Waals surface area contributed by atoms with E-state index < -0.39 is 12.1 Å². The first-order valence-electron chi connectivity index (χ1n) is 25.1. The van der Waals surface area contributed by atoms with Gasteiger partial charge in [-0.3, -0.25) is 14.4 Å². The number of unbranched alkanes of at least 4 members (excludes halogenated alkanes) is 22. The minimum Gasteiger partial charge on any atom is -0.462 e. The molecule has 0 fully saturated rings. The lowest BCUT2D eigenvalue weighted by molar-refractivity contribution is -0.166. The van der Waals surface area contributed by atoms with Gasteiger partial charge in [0.05, 0.1) is 6.42 Å². The maximum Gasteiger partial charge on any atom is 0.309 e. The normalized spacial score (nSPS) is 12.8. The summed E-state index contributed by atoms with van der Waals surface area (Å²) >= 11 is 0. The predicted molar refractivity (Wildman–Crippen MR) is 261 cm³/mol. The first-order chi connectivity index (χ1) is 30.0. The van der Waals surface area contributed by atoms with Crippen LogP contribution in [0.3, 0.4) is 0 Å². The Hall–Kier alpha value is -3.41. The van der Waals surface area contributed by atoms with Gasteiger partial charge in [-0.05, 0) is 83.5 Å². The van der Waals surface area contributed by atoms with E-state index >= 15 is 0 Å². The fourth-order valence-electron chi connectivity index (χ4n) is 6.66. The van der Waals surface area contributed by atoms with Crippen molar-refractivity contribution in [3.63, 3.8) is 0 Å². The Bertz CT molecular complexity index is 1200. The quantitative estimate of drug-likeness (QED) is 0.0200. The molecule has 0 radical (unpaired) electrons. The van der Waals surface area contributed by atoms with E-state index in [4.69, 9.17) is 14.2 Å². The fraction of sp³-hybridized carbons (Fsp3) is 0.691. The largest absolute Gasteiger partial charge is 0.462 e. The summed E-state index contributed by atoms with van der Waals surface area (Å²) in [4.78, 5) is 37.8. The molecular formula is C55H92O6. The molecule has 0 aromatic heterocycles. The first-order valence-corrected chi connectivity index (χ1v) is 25.1. The third-order valence-electron chi connectivity index (χ3n) is 10.4. The molecule has 0 aliphatic heterocycles. The second kappa shape index (κ2) is 49.2. The minimum absolute atomic E-state index is 0.123. The number of hydrogen-bond donors (Lipinski definition) is 0. The Balaban J connectivity index is 4.45. The van der Waals surface area contributed by atoms with Crippen LogP contribution in [0.25, 0.3) is 0 Å². The molecule has 0 aromatic carbocycles. The Kier molecular flexibility index (Phi) is 46.5. The number of esters is 3. The molecule has 0 aliphatic rings. The van der Waals surface area contributed by atoms with Gasteiger partial charge in [-0.2, -0.15) is 0 Å². The van der Waals surface area contributed by atoms with Crippen molar-refractivity contribution >= 4 is 17.9 Å². The number of ether oxygens (including phenoxy) is 3. The zero-order valence-electron chi connectivity index (χ0n) is 39.7. The number of carbonyl (C=O) groups excluding carboxylic acids is 3. The van der Waals surface area contributed by atoms with Crippen molar-refractivity contribution in [3.8, 4) is 0 Å². The molecule has 0 aliphatic carbocycles. The summed E-state index contributed by atoms with van der Waals surface area (Å²) in [6, 6.07) is 0. The summed E-state index contributed by atoms with van der Waals surface area (Å²) in [6.45, 7) is 6.37. The Labute approximate surface area is 375 Å².